The Balaban J connectivity index is 1.98. The zero-order valence-electron chi connectivity index (χ0n) is 13.4. The molecule has 0 unspecified atom stereocenters. The fourth-order valence-corrected chi connectivity index (χ4v) is 2.60. The van der Waals surface area contributed by atoms with Gasteiger partial charge in [-0.2, -0.15) is 0 Å². The molecule has 0 saturated heterocycles. The van der Waals surface area contributed by atoms with Crippen molar-refractivity contribution in [3.63, 3.8) is 0 Å². The number of nitro groups is 1. The summed E-state index contributed by atoms with van der Waals surface area (Å²) in [4.78, 5) is 10.2. The van der Waals surface area contributed by atoms with E-state index >= 15 is 0 Å². The van der Waals surface area contributed by atoms with E-state index < -0.39 is 0 Å². The molecule has 0 aliphatic carbocycles. The standard InChI is InChI=1S/C18H29NO2/c1-2-3-4-5-6-7-8-9-10-11-12-17-13-15-18(16-14-17)19(20)21/h13-16H,2-12H2,1H3. The van der Waals surface area contributed by atoms with Gasteiger partial charge in [0, 0.05) is 12.1 Å². The summed E-state index contributed by atoms with van der Waals surface area (Å²) in [6.07, 6.45) is 14.4. The summed E-state index contributed by atoms with van der Waals surface area (Å²) < 4.78 is 0. The zero-order chi connectivity index (χ0) is 15.3. The van der Waals surface area contributed by atoms with Gasteiger partial charge < -0.3 is 0 Å². The molecule has 0 N–H and O–H groups in total. The van der Waals surface area contributed by atoms with Gasteiger partial charge in [0.2, 0.25) is 0 Å². The van der Waals surface area contributed by atoms with Crippen molar-refractivity contribution in [3.8, 4) is 0 Å². The lowest BCUT2D eigenvalue weighted by molar-refractivity contribution is -0.384. The molecular formula is C18H29NO2. The Morgan fingerprint density at radius 3 is 1.76 bits per heavy atom. The monoisotopic (exact) mass is 291 g/mol. The highest BCUT2D eigenvalue weighted by Crippen LogP contribution is 2.15. The third-order valence-electron chi connectivity index (χ3n) is 3.97. The van der Waals surface area contributed by atoms with Crippen LogP contribution in [0.15, 0.2) is 24.3 Å². The van der Waals surface area contributed by atoms with E-state index in [9.17, 15) is 10.1 Å². The molecule has 0 saturated carbocycles. The highest BCUT2D eigenvalue weighted by Gasteiger charge is 2.03. The second kappa shape index (κ2) is 11.3. The van der Waals surface area contributed by atoms with Crippen LogP contribution in [0.5, 0.6) is 0 Å². The summed E-state index contributed by atoms with van der Waals surface area (Å²) in [5.41, 5.74) is 1.39. The molecule has 0 atom stereocenters. The van der Waals surface area contributed by atoms with Gasteiger partial charge in [-0.15, -0.1) is 0 Å². The normalized spacial score (nSPS) is 10.7. The van der Waals surface area contributed by atoms with Crippen LogP contribution in [-0.4, -0.2) is 4.92 Å². The lowest BCUT2D eigenvalue weighted by atomic mass is 10.0. The predicted octanol–water partition coefficient (Wildman–Crippen LogP) is 6.06. The van der Waals surface area contributed by atoms with Crippen molar-refractivity contribution < 1.29 is 4.92 Å². The van der Waals surface area contributed by atoms with Gasteiger partial charge in [-0.1, -0.05) is 76.8 Å². The van der Waals surface area contributed by atoms with E-state index in [-0.39, 0.29) is 10.6 Å². The molecule has 3 nitrogen and oxygen atoms in total. The first-order valence-corrected chi connectivity index (χ1v) is 8.47. The first-order chi connectivity index (χ1) is 10.2. The summed E-state index contributed by atoms with van der Waals surface area (Å²) in [6, 6.07) is 6.97. The minimum Gasteiger partial charge on any atom is -0.258 e. The Hall–Kier alpha value is -1.38. The smallest absolute Gasteiger partial charge is 0.258 e. The molecule has 118 valence electrons. The van der Waals surface area contributed by atoms with Gasteiger partial charge in [-0.05, 0) is 18.4 Å². The molecule has 3 heteroatoms. The van der Waals surface area contributed by atoms with Crippen molar-refractivity contribution in [1.82, 2.24) is 0 Å². The van der Waals surface area contributed by atoms with Crippen LogP contribution in [-0.2, 0) is 6.42 Å². The number of rotatable bonds is 12. The summed E-state index contributed by atoms with van der Waals surface area (Å²) in [6.45, 7) is 2.25. The van der Waals surface area contributed by atoms with Crippen molar-refractivity contribution in [2.24, 2.45) is 0 Å². The van der Waals surface area contributed by atoms with Crippen LogP contribution < -0.4 is 0 Å². The van der Waals surface area contributed by atoms with Crippen LogP contribution in [0.2, 0.25) is 0 Å². The average Bonchev–Trinajstić information content (AvgIpc) is 2.49. The summed E-state index contributed by atoms with van der Waals surface area (Å²) in [5, 5.41) is 10.6. The van der Waals surface area contributed by atoms with Gasteiger partial charge in [0.1, 0.15) is 0 Å². The number of unbranched alkanes of at least 4 members (excludes halogenated alkanes) is 9. The van der Waals surface area contributed by atoms with Crippen LogP contribution in [0.1, 0.15) is 76.7 Å². The number of nitro benzene ring substituents is 1. The molecule has 21 heavy (non-hydrogen) atoms. The predicted molar refractivity (Wildman–Crippen MR) is 88.6 cm³/mol. The number of non-ortho nitro benzene ring substituents is 1. The Labute approximate surface area is 128 Å². The van der Waals surface area contributed by atoms with E-state index in [0.29, 0.717) is 0 Å². The van der Waals surface area contributed by atoms with Gasteiger partial charge in [-0.25, -0.2) is 0 Å². The van der Waals surface area contributed by atoms with E-state index in [0.717, 1.165) is 6.42 Å². The lowest BCUT2D eigenvalue weighted by Crippen LogP contribution is -1.90. The number of benzene rings is 1. The molecule has 0 amide bonds. The van der Waals surface area contributed by atoms with Crippen molar-refractivity contribution >= 4 is 5.69 Å². The third-order valence-corrected chi connectivity index (χ3v) is 3.97. The largest absolute Gasteiger partial charge is 0.269 e. The zero-order valence-corrected chi connectivity index (χ0v) is 13.4. The topological polar surface area (TPSA) is 43.1 Å². The molecular weight excluding hydrogens is 262 g/mol. The number of hydrogen-bond acceptors (Lipinski definition) is 2. The SMILES string of the molecule is CCCCCCCCCCCCc1ccc([N+](=O)[O-])cc1. The molecule has 1 aromatic rings. The van der Waals surface area contributed by atoms with E-state index in [4.69, 9.17) is 0 Å². The molecule has 0 heterocycles. The molecule has 0 aromatic heterocycles. The maximum atomic E-state index is 10.6. The number of aryl methyl sites for hydroxylation is 1. The average molecular weight is 291 g/mol. The molecule has 1 aromatic carbocycles. The third kappa shape index (κ3) is 8.49. The molecule has 0 fully saturated rings. The molecule has 0 bridgehead atoms. The molecule has 0 aliphatic rings. The quantitative estimate of drug-likeness (QED) is 0.267. The van der Waals surface area contributed by atoms with E-state index in [2.05, 4.69) is 6.92 Å². The highest BCUT2D eigenvalue weighted by atomic mass is 16.6. The van der Waals surface area contributed by atoms with Crippen LogP contribution in [0.4, 0.5) is 5.69 Å². The maximum absolute atomic E-state index is 10.6. The van der Waals surface area contributed by atoms with E-state index in [1.165, 1.54) is 69.8 Å². The lowest BCUT2D eigenvalue weighted by Gasteiger charge is -2.03. The first-order valence-electron chi connectivity index (χ1n) is 8.47. The van der Waals surface area contributed by atoms with Crippen LogP contribution in [0, 0.1) is 10.1 Å². The van der Waals surface area contributed by atoms with Gasteiger partial charge >= 0.3 is 0 Å². The van der Waals surface area contributed by atoms with Crippen molar-refractivity contribution in [1.29, 1.82) is 0 Å². The molecule has 0 radical (unpaired) electrons. The van der Waals surface area contributed by atoms with E-state index in [1.807, 2.05) is 12.1 Å². The first kappa shape index (κ1) is 17.7. The fourth-order valence-electron chi connectivity index (χ4n) is 2.60. The Bertz CT molecular complexity index is 387. The number of nitrogens with zero attached hydrogens (tertiary/aromatic N) is 1. The minimum atomic E-state index is -0.343. The van der Waals surface area contributed by atoms with Crippen LogP contribution in [0.25, 0.3) is 0 Å². The highest BCUT2D eigenvalue weighted by molar-refractivity contribution is 5.32. The summed E-state index contributed by atoms with van der Waals surface area (Å²) in [7, 11) is 0. The molecule has 0 spiro atoms. The van der Waals surface area contributed by atoms with Crippen LogP contribution in [0.3, 0.4) is 0 Å². The minimum absolute atomic E-state index is 0.182. The molecule has 1 rings (SSSR count). The Morgan fingerprint density at radius 1 is 0.810 bits per heavy atom. The summed E-state index contributed by atoms with van der Waals surface area (Å²) >= 11 is 0. The number of hydrogen-bond donors (Lipinski definition) is 0. The maximum Gasteiger partial charge on any atom is 0.269 e. The van der Waals surface area contributed by atoms with Crippen LogP contribution >= 0.6 is 0 Å². The van der Waals surface area contributed by atoms with Crippen molar-refractivity contribution in [3.05, 3.63) is 39.9 Å². The van der Waals surface area contributed by atoms with Crippen molar-refractivity contribution in [2.45, 2.75) is 77.6 Å². The Morgan fingerprint density at radius 2 is 1.29 bits per heavy atom. The van der Waals surface area contributed by atoms with E-state index in [1.54, 1.807) is 12.1 Å². The summed E-state index contributed by atoms with van der Waals surface area (Å²) in [5.74, 6) is 0. The van der Waals surface area contributed by atoms with Gasteiger partial charge in [0.05, 0.1) is 4.92 Å². The second-order valence-electron chi connectivity index (χ2n) is 5.86. The van der Waals surface area contributed by atoms with Gasteiger partial charge in [-0.3, -0.25) is 10.1 Å². The van der Waals surface area contributed by atoms with Crippen molar-refractivity contribution in [2.75, 3.05) is 0 Å². The van der Waals surface area contributed by atoms with Gasteiger partial charge in [0.25, 0.3) is 5.69 Å². The fraction of sp³-hybridized carbons (Fsp3) is 0.667. The van der Waals surface area contributed by atoms with Gasteiger partial charge in [0.15, 0.2) is 0 Å². The Kier molecular flexibility index (Phi) is 9.51. The molecule has 0 aliphatic heterocycles. The second-order valence-corrected chi connectivity index (χ2v) is 5.86.